The Kier molecular flexibility index (Phi) is 3.83. The molecule has 0 radical (unpaired) electrons. The van der Waals surface area contributed by atoms with Crippen molar-refractivity contribution in [1.29, 1.82) is 0 Å². The van der Waals surface area contributed by atoms with Crippen molar-refractivity contribution in [3.8, 4) is 0 Å². The van der Waals surface area contributed by atoms with Crippen LogP contribution in [-0.2, 0) is 23.2 Å². The maximum Gasteiger partial charge on any atom is 0.335 e. The van der Waals surface area contributed by atoms with E-state index in [1.165, 1.54) is 11.1 Å². The number of carbonyl (C=O) groups excluding carboxylic acids is 1. The molecule has 1 saturated carbocycles. The summed E-state index contributed by atoms with van der Waals surface area (Å²) in [6.45, 7) is 0.437. The van der Waals surface area contributed by atoms with Gasteiger partial charge in [0.2, 0.25) is 5.91 Å². The zero-order valence-electron chi connectivity index (χ0n) is 14.0. The third-order valence-electron chi connectivity index (χ3n) is 5.68. The van der Waals surface area contributed by atoms with E-state index in [1.54, 1.807) is 24.3 Å². The predicted octanol–water partition coefficient (Wildman–Crippen LogP) is 3.30. The number of benzene rings is 2. The molecule has 1 amide bonds. The lowest BCUT2D eigenvalue weighted by Gasteiger charge is -2.26. The average molecular weight is 335 g/mol. The first-order valence-electron chi connectivity index (χ1n) is 8.78. The second-order valence-electron chi connectivity index (χ2n) is 7.14. The van der Waals surface area contributed by atoms with Gasteiger partial charge in [0.05, 0.1) is 5.56 Å². The number of hydrogen-bond donors (Lipinski definition) is 2. The van der Waals surface area contributed by atoms with E-state index in [0.717, 1.165) is 31.2 Å². The fourth-order valence-corrected chi connectivity index (χ4v) is 4.25. The zero-order chi connectivity index (χ0) is 17.4. The van der Waals surface area contributed by atoms with E-state index in [-0.39, 0.29) is 22.8 Å². The Morgan fingerprint density at radius 3 is 2.64 bits per heavy atom. The molecule has 0 saturated heterocycles. The van der Waals surface area contributed by atoms with Gasteiger partial charge in [0, 0.05) is 17.9 Å². The van der Waals surface area contributed by atoms with Crippen LogP contribution in [0.3, 0.4) is 0 Å². The highest BCUT2D eigenvalue weighted by molar-refractivity contribution is 5.87. The summed E-state index contributed by atoms with van der Waals surface area (Å²) in [7, 11) is 0. The Labute approximate surface area is 146 Å². The van der Waals surface area contributed by atoms with Crippen molar-refractivity contribution in [2.24, 2.45) is 5.92 Å². The van der Waals surface area contributed by atoms with Gasteiger partial charge in [0.15, 0.2) is 0 Å². The fourth-order valence-electron chi connectivity index (χ4n) is 4.25. The molecular formula is C21H21NO3. The van der Waals surface area contributed by atoms with E-state index in [0.29, 0.717) is 6.54 Å². The summed E-state index contributed by atoms with van der Waals surface area (Å²) >= 11 is 0. The molecule has 2 aromatic rings. The van der Waals surface area contributed by atoms with Crippen molar-refractivity contribution in [2.45, 2.75) is 37.6 Å². The van der Waals surface area contributed by atoms with Crippen LogP contribution in [0.5, 0.6) is 0 Å². The zero-order valence-corrected chi connectivity index (χ0v) is 14.0. The highest BCUT2D eigenvalue weighted by Crippen LogP contribution is 2.60. The Morgan fingerprint density at radius 1 is 1.12 bits per heavy atom. The molecule has 25 heavy (non-hydrogen) atoms. The highest BCUT2D eigenvalue weighted by Gasteiger charge is 2.59. The van der Waals surface area contributed by atoms with Crippen LogP contribution in [0.25, 0.3) is 0 Å². The van der Waals surface area contributed by atoms with Gasteiger partial charge in [-0.3, -0.25) is 4.79 Å². The topological polar surface area (TPSA) is 66.4 Å². The molecule has 128 valence electrons. The Balaban J connectivity index is 1.41. The van der Waals surface area contributed by atoms with Crippen molar-refractivity contribution in [3.63, 3.8) is 0 Å². The Morgan fingerprint density at radius 2 is 1.88 bits per heavy atom. The van der Waals surface area contributed by atoms with E-state index in [4.69, 9.17) is 5.11 Å². The summed E-state index contributed by atoms with van der Waals surface area (Å²) < 4.78 is 0. The molecule has 0 aliphatic heterocycles. The van der Waals surface area contributed by atoms with E-state index >= 15 is 0 Å². The number of aromatic carboxylic acids is 1. The number of carboxylic acids is 1. The van der Waals surface area contributed by atoms with E-state index < -0.39 is 5.97 Å². The van der Waals surface area contributed by atoms with Crippen LogP contribution in [-0.4, -0.2) is 17.0 Å². The van der Waals surface area contributed by atoms with Gasteiger partial charge in [0.1, 0.15) is 0 Å². The second kappa shape index (κ2) is 6.03. The first-order chi connectivity index (χ1) is 12.1. The molecule has 4 heteroatoms. The SMILES string of the molecule is O=C(O)c1ccc(CNC(=O)C2CC23CCCc2ccccc23)cc1. The standard InChI is InChI=1S/C21H21NO3/c23-19(22-13-14-7-9-16(10-8-14)20(24)25)18-12-21(18)11-3-5-15-4-1-2-6-17(15)21/h1-2,4,6-10,18H,3,5,11-13H2,(H,22,23)(H,24,25). The van der Waals surface area contributed by atoms with Gasteiger partial charge in [-0.1, -0.05) is 36.4 Å². The van der Waals surface area contributed by atoms with Crippen LogP contribution in [0.15, 0.2) is 48.5 Å². The minimum absolute atomic E-state index is 0.0477. The van der Waals surface area contributed by atoms with Crippen LogP contribution in [0.4, 0.5) is 0 Å². The van der Waals surface area contributed by atoms with Gasteiger partial charge in [-0.25, -0.2) is 4.79 Å². The summed E-state index contributed by atoms with van der Waals surface area (Å²) in [4.78, 5) is 23.5. The Hall–Kier alpha value is -2.62. The third kappa shape index (κ3) is 2.82. The third-order valence-corrected chi connectivity index (χ3v) is 5.68. The van der Waals surface area contributed by atoms with E-state index in [2.05, 4.69) is 29.6 Å². The van der Waals surface area contributed by atoms with Crippen LogP contribution in [0.2, 0.25) is 0 Å². The van der Waals surface area contributed by atoms with Gasteiger partial charge in [-0.05, 0) is 54.5 Å². The minimum Gasteiger partial charge on any atom is -0.478 e. The molecule has 4 rings (SSSR count). The largest absolute Gasteiger partial charge is 0.478 e. The van der Waals surface area contributed by atoms with Crippen molar-refractivity contribution in [3.05, 3.63) is 70.8 Å². The van der Waals surface area contributed by atoms with Crippen molar-refractivity contribution < 1.29 is 14.7 Å². The van der Waals surface area contributed by atoms with E-state index in [1.807, 2.05) is 0 Å². The molecule has 0 bridgehead atoms. The lowest BCUT2D eigenvalue weighted by Crippen LogP contribution is -2.29. The highest BCUT2D eigenvalue weighted by atomic mass is 16.4. The molecular weight excluding hydrogens is 314 g/mol. The number of fused-ring (bicyclic) bond motifs is 2. The van der Waals surface area contributed by atoms with Gasteiger partial charge in [0.25, 0.3) is 0 Å². The number of nitrogens with one attached hydrogen (secondary N) is 1. The number of rotatable bonds is 4. The van der Waals surface area contributed by atoms with Crippen LogP contribution in [0.1, 0.15) is 46.3 Å². The molecule has 2 unspecified atom stereocenters. The quantitative estimate of drug-likeness (QED) is 0.901. The first kappa shape index (κ1) is 15.9. The molecule has 2 atom stereocenters. The van der Waals surface area contributed by atoms with Gasteiger partial charge < -0.3 is 10.4 Å². The number of amides is 1. The maximum atomic E-state index is 12.6. The smallest absolute Gasteiger partial charge is 0.335 e. The molecule has 1 fully saturated rings. The van der Waals surface area contributed by atoms with Gasteiger partial charge in [-0.15, -0.1) is 0 Å². The average Bonchev–Trinajstić information content (AvgIpc) is 3.35. The summed E-state index contributed by atoms with van der Waals surface area (Å²) in [5.41, 5.74) is 3.99. The van der Waals surface area contributed by atoms with Crippen LogP contribution < -0.4 is 5.32 Å². The van der Waals surface area contributed by atoms with Crippen molar-refractivity contribution >= 4 is 11.9 Å². The molecule has 1 spiro atoms. The number of aryl methyl sites for hydroxylation is 1. The van der Waals surface area contributed by atoms with Gasteiger partial charge >= 0.3 is 5.97 Å². The van der Waals surface area contributed by atoms with Crippen molar-refractivity contribution in [2.75, 3.05) is 0 Å². The predicted molar refractivity (Wildman–Crippen MR) is 94.4 cm³/mol. The lowest BCUT2D eigenvalue weighted by molar-refractivity contribution is -0.123. The summed E-state index contributed by atoms with van der Waals surface area (Å²) in [5.74, 6) is -0.766. The normalized spacial score (nSPS) is 23.8. The van der Waals surface area contributed by atoms with Gasteiger partial charge in [-0.2, -0.15) is 0 Å². The summed E-state index contributed by atoms with van der Waals surface area (Å²) in [6, 6.07) is 15.2. The van der Waals surface area contributed by atoms with E-state index in [9.17, 15) is 9.59 Å². The van der Waals surface area contributed by atoms with Crippen LogP contribution in [0, 0.1) is 5.92 Å². The van der Waals surface area contributed by atoms with Crippen molar-refractivity contribution in [1.82, 2.24) is 5.32 Å². The Bertz CT molecular complexity index is 827. The molecule has 0 heterocycles. The number of hydrogen-bond acceptors (Lipinski definition) is 2. The second-order valence-corrected chi connectivity index (χ2v) is 7.14. The monoisotopic (exact) mass is 335 g/mol. The fraction of sp³-hybridized carbons (Fsp3) is 0.333. The number of carboxylic acid groups (broad SMARTS) is 1. The first-order valence-corrected chi connectivity index (χ1v) is 8.78. The summed E-state index contributed by atoms with van der Waals surface area (Å²) in [5, 5.41) is 12.0. The molecule has 0 aromatic heterocycles. The summed E-state index contributed by atoms with van der Waals surface area (Å²) in [6.07, 6.45) is 4.29. The molecule has 2 aliphatic carbocycles. The maximum absolute atomic E-state index is 12.6. The molecule has 2 aromatic carbocycles. The lowest BCUT2D eigenvalue weighted by atomic mass is 9.78. The molecule has 2 aliphatic rings. The minimum atomic E-state index is -0.938. The number of carbonyl (C=O) groups is 2. The molecule has 4 nitrogen and oxygen atoms in total. The van der Waals surface area contributed by atoms with Crippen LogP contribution >= 0.6 is 0 Å². The molecule has 2 N–H and O–H groups in total.